The van der Waals surface area contributed by atoms with Gasteiger partial charge in [-0.2, -0.15) is 0 Å². The second-order valence-corrected chi connectivity index (χ2v) is 9.13. The Hall–Kier alpha value is -2.78. The second-order valence-electron chi connectivity index (χ2n) is 7.44. The van der Waals surface area contributed by atoms with Crippen molar-refractivity contribution in [3.05, 3.63) is 59.9 Å². The Bertz CT molecular complexity index is 1060. The van der Waals surface area contributed by atoms with Crippen molar-refractivity contribution < 1.29 is 17.6 Å². The Morgan fingerprint density at radius 1 is 1.13 bits per heavy atom. The van der Waals surface area contributed by atoms with E-state index in [1.165, 1.54) is 18.2 Å². The number of halogens is 1. The van der Waals surface area contributed by atoms with Gasteiger partial charge in [-0.1, -0.05) is 30.7 Å². The van der Waals surface area contributed by atoms with Crippen molar-refractivity contribution in [1.82, 2.24) is 10.0 Å². The number of rotatable bonds is 7. The van der Waals surface area contributed by atoms with E-state index < -0.39 is 10.0 Å². The molecule has 1 aliphatic heterocycles. The van der Waals surface area contributed by atoms with Crippen molar-refractivity contribution in [2.24, 2.45) is 4.99 Å². The number of amidine groups is 1. The summed E-state index contributed by atoms with van der Waals surface area (Å²) in [5.41, 5.74) is 0.826. The summed E-state index contributed by atoms with van der Waals surface area (Å²) in [5, 5.41) is 5.64. The van der Waals surface area contributed by atoms with Crippen LogP contribution in [0.15, 0.2) is 58.4 Å². The Balaban J connectivity index is 1.60. The SMILES string of the molecule is CC(NCC(=O)Nc1cccc(S(=O)(=O)NC2=NCCCCC2)c1)c1ccccc1F. The minimum atomic E-state index is -3.79. The van der Waals surface area contributed by atoms with E-state index in [1.807, 2.05) is 0 Å². The topological polar surface area (TPSA) is 99.7 Å². The first-order valence-corrected chi connectivity index (χ1v) is 11.8. The zero-order valence-corrected chi connectivity index (χ0v) is 18.2. The fourth-order valence-electron chi connectivity index (χ4n) is 3.30. The number of nitrogens with one attached hydrogen (secondary N) is 3. The van der Waals surface area contributed by atoms with Crippen LogP contribution < -0.4 is 15.4 Å². The van der Waals surface area contributed by atoms with Crippen LogP contribution in [0.3, 0.4) is 0 Å². The highest BCUT2D eigenvalue weighted by atomic mass is 32.2. The summed E-state index contributed by atoms with van der Waals surface area (Å²) >= 11 is 0. The number of amides is 1. The monoisotopic (exact) mass is 446 g/mol. The van der Waals surface area contributed by atoms with E-state index >= 15 is 0 Å². The molecule has 1 aliphatic rings. The van der Waals surface area contributed by atoms with Gasteiger partial charge in [0, 0.05) is 30.3 Å². The maximum Gasteiger partial charge on any atom is 0.262 e. The molecule has 2 aromatic rings. The zero-order chi connectivity index (χ0) is 22.3. The standard InChI is InChI=1S/C22H27FN4O3S/c1-16(19-10-4-5-11-20(19)23)25-15-22(28)26-17-8-7-9-18(14-17)31(29,30)27-21-12-3-2-6-13-24-21/h4-5,7-11,14,16,25H,2-3,6,12-13,15H2,1H3,(H,24,27)(H,26,28). The van der Waals surface area contributed by atoms with Crippen LogP contribution in [0.25, 0.3) is 0 Å². The molecule has 3 rings (SSSR count). The Morgan fingerprint density at radius 2 is 1.94 bits per heavy atom. The summed E-state index contributed by atoms with van der Waals surface area (Å²) in [6, 6.07) is 12.1. The van der Waals surface area contributed by atoms with E-state index in [1.54, 1.807) is 37.3 Å². The predicted octanol–water partition coefficient (Wildman–Crippen LogP) is 3.37. The van der Waals surface area contributed by atoms with Gasteiger partial charge in [-0.05, 0) is 44.0 Å². The lowest BCUT2D eigenvalue weighted by Crippen LogP contribution is -2.31. The molecule has 1 amide bonds. The van der Waals surface area contributed by atoms with E-state index in [4.69, 9.17) is 0 Å². The summed E-state index contributed by atoms with van der Waals surface area (Å²) < 4.78 is 41.8. The summed E-state index contributed by atoms with van der Waals surface area (Å²) in [7, 11) is -3.79. The average molecular weight is 447 g/mol. The molecule has 1 heterocycles. The van der Waals surface area contributed by atoms with E-state index in [0.29, 0.717) is 30.1 Å². The first-order chi connectivity index (χ1) is 14.8. The lowest BCUT2D eigenvalue weighted by atomic mass is 10.1. The lowest BCUT2D eigenvalue weighted by Gasteiger charge is -2.15. The van der Waals surface area contributed by atoms with Crippen LogP contribution in [0.5, 0.6) is 0 Å². The molecule has 7 nitrogen and oxygen atoms in total. The minimum Gasteiger partial charge on any atom is -0.325 e. The van der Waals surface area contributed by atoms with Crippen LogP contribution in [-0.4, -0.2) is 33.3 Å². The van der Waals surface area contributed by atoms with Gasteiger partial charge in [0.2, 0.25) is 5.91 Å². The molecule has 3 N–H and O–H groups in total. The number of aliphatic imine (C=N–C) groups is 1. The number of hydrogen-bond acceptors (Lipinski definition) is 5. The van der Waals surface area contributed by atoms with Crippen LogP contribution in [-0.2, 0) is 14.8 Å². The third kappa shape index (κ3) is 6.60. The second kappa shape index (κ2) is 10.5. The third-order valence-electron chi connectivity index (χ3n) is 5.00. The molecule has 9 heteroatoms. The summed E-state index contributed by atoms with van der Waals surface area (Å²) in [4.78, 5) is 16.6. The molecule has 0 saturated heterocycles. The number of hydrogen-bond donors (Lipinski definition) is 3. The van der Waals surface area contributed by atoms with Crippen LogP contribution >= 0.6 is 0 Å². The molecule has 1 unspecified atom stereocenters. The smallest absolute Gasteiger partial charge is 0.262 e. The highest BCUT2D eigenvalue weighted by Crippen LogP contribution is 2.18. The van der Waals surface area contributed by atoms with Crippen molar-refractivity contribution in [2.45, 2.75) is 43.5 Å². The highest BCUT2D eigenvalue weighted by molar-refractivity contribution is 7.90. The molecular formula is C22H27FN4O3S. The molecule has 0 spiro atoms. The number of benzene rings is 2. The number of carbonyl (C=O) groups is 1. The fraction of sp³-hybridized carbons (Fsp3) is 0.364. The van der Waals surface area contributed by atoms with Gasteiger partial charge in [-0.3, -0.25) is 14.5 Å². The molecule has 31 heavy (non-hydrogen) atoms. The predicted molar refractivity (Wildman–Crippen MR) is 119 cm³/mol. The Kier molecular flexibility index (Phi) is 7.75. The van der Waals surface area contributed by atoms with Crippen LogP contribution in [0.1, 0.15) is 44.2 Å². The van der Waals surface area contributed by atoms with E-state index in [0.717, 1.165) is 19.3 Å². The molecule has 0 aromatic heterocycles. The van der Waals surface area contributed by atoms with Gasteiger partial charge in [0.05, 0.1) is 11.4 Å². The van der Waals surface area contributed by atoms with Gasteiger partial charge in [-0.25, -0.2) is 12.8 Å². The van der Waals surface area contributed by atoms with Crippen LogP contribution in [0, 0.1) is 5.82 Å². The number of anilines is 1. The minimum absolute atomic E-state index is 0.0462. The summed E-state index contributed by atoms with van der Waals surface area (Å²) in [5.74, 6) is -0.233. The van der Waals surface area contributed by atoms with Gasteiger partial charge in [0.15, 0.2) is 0 Å². The maximum absolute atomic E-state index is 13.8. The molecule has 0 fully saturated rings. The molecular weight excluding hydrogens is 419 g/mol. The lowest BCUT2D eigenvalue weighted by molar-refractivity contribution is -0.115. The van der Waals surface area contributed by atoms with Crippen molar-refractivity contribution in [3.8, 4) is 0 Å². The van der Waals surface area contributed by atoms with Gasteiger partial charge in [-0.15, -0.1) is 0 Å². The first-order valence-electron chi connectivity index (χ1n) is 10.3. The molecule has 166 valence electrons. The van der Waals surface area contributed by atoms with Gasteiger partial charge in [0.1, 0.15) is 11.7 Å². The number of carbonyl (C=O) groups excluding carboxylic acids is 1. The van der Waals surface area contributed by atoms with E-state index in [2.05, 4.69) is 20.3 Å². The van der Waals surface area contributed by atoms with Gasteiger partial charge in [0.25, 0.3) is 10.0 Å². The van der Waals surface area contributed by atoms with Crippen molar-refractivity contribution in [1.29, 1.82) is 0 Å². The van der Waals surface area contributed by atoms with E-state index in [-0.39, 0.29) is 29.2 Å². The fourth-order valence-corrected chi connectivity index (χ4v) is 4.43. The third-order valence-corrected chi connectivity index (χ3v) is 6.37. The van der Waals surface area contributed by atoms with E-state index in [9.17, 15) is 17.6 Å². The average Bonchev–Trinajstić information content (AvgIpc) is 3.01. The normalized spacial score (nSPS) is 15.5. The van der Waals surface area contributed by atoms with Crippen LogP contribution in [0.4, 0.5) is 10.1 Å². The van der Waals surface area contributed by atoms with Crippen molar-refractivity contribution in [2.75, 3.05) is 18.4 Å². The maximum atomic E-state index is 13.8. The molecule has 2 aromatic carbocycles. The molecule has 0 radical (unpaired) electrons. The largest absolute Gasteiger partial charge is 0.325 e. The van der Waals surface area contributed by atoms with Crippen molar-refractivity contribution >= 4 is 27.5 Å². The summed E-state index contributed by atoms with van der Waals surface area (Å²) in [6.45, 7) is 2.33. The molecule has 0 saturated carbocycles. The first kappa shape index (κ1) is 22.9. The highest BCUT2D eigenvalue weighted by Gasteiger charge is 2.18. The Labute approximate surface area is 182 Å². The molecule has 0 bridgehead atoms. The van der Waals surface area contributed by atoms with Gasteiger partial charge < -0.3 is 10.6 Å². The molecule has 1 atom stereocenters. The zero-order valence-electron chi connectivity index (χ0n) is 17.4. The number of sulfonamides is 1. The quantitative estimate of drug-likeness (QED) is 0.607. The van der Waals surface area contributed by atoms with Crippen molar-refractivity contribution in [3.63, 3.8) is 0 Å². The molecule has 0 aliphatic carbocycles. The Morgan fingerprint density at radius 3 is 2.74 bits per heavy atom. The summed E-state index contributed by atoms with van der Waals surface area (Å²) in [6.07, 6.45) is 3.48. The van der Waals surface area contributed by atoms with Gasteiger partial charge >= 0.3 is 0 Å². The van der Waals surface area contributed by atoms with Crippen LogP contribution in [0.2, 0.25) is 0 Å². The number of nitrogens with zero attached hydrogens (tertiary/aromatic N) is 1.